The third-order valence-electron chi connectivity index (χ3n) is 4.33. The minimum atomic E-state index is -0.00838. The van der Waals surface area contributed by atoms with Crippen molar-refractivity contribution >= 4 is 5.91 Å². The molecular formula is C19H27N3O. The van der Waals surface area contributed by atoms with E-state index in [4.69, 9.17) is 0 Å². The Morgan fingerprint density at radius 2 is 1.83 bits per heavy atom. The van der Waals surface area contributed by atoms with Crippen molar-refractivity contribution in [3.63, 3.8) is 0 Å². The lowest BCUT2D eigenvalue weighted by Crippen LogP contribution is -2.31. The van der Waals surface area contributed by atoms with E-state index >= 15 is 0 Å². The molecule has 1 amide bonds. The molecule has 0 aliphatic heterocycles. The van der Waals surface area contributed by atoms with Crippen molar-refractivity contribution in [3.8, 4) is 0 Å². The Morgan fingerprint density at radius 1 is 1.17 bits per heavy atom. The summed E-state index contributed by atoms with van der Waals surface area (Å²) in [4.78, 5) is 12.2. The first-order valence-electron chi connectivity index (χ1n) is 8.41. The quantitative estimate of drug-likeness (QED) is 0.840. The van der Waals surface area contributed by atoms with E-state index in [0.29, 0.717) is 5.92 Å². The summed E-state index contributed by atoms with van der Waals surface area (Å²) in [6.45, 7) is 8.75. The number of hydrogen-bond donors (Lipinski definition) is 1. The van der Waals surface area contributed by atoms with Crippen LogP contribution in [0.2, 0.25) is 0 Å². The Hall–Kier alpha value is -2.10. The summed E-state index contributed by atoms with van der Waals surface area (Å²) >= 11 is 0. The first kappa shape index (κ1) is 17.3. The molecule has 2 unspecified atom stereocenters. The fourth-order valence-electron chi connectivity index (χ4n) is 2.65. The molecule has 0 aliphatic carbocycles. The van der Waals surface area contributed by atoms with Crippen LogP contribution in [0.5, 0.6) is 0 Å². The number of carbonyl (C=O) groups excluding carboxylic acids is 1. The van der Waals surface area contributed by atoms with Gasteiger partial charge in [0.05, 0.1) is 12.2 Å². The second kappa shape index (κ2) is 7.95. The fraction of sp³-hybridized carbons (Fsp3) is 0.474. The van der Waals surface area contributed by atoms with E-state index in [1.54, 1.807) is 10.9 Å². The van der Waals surface area contributed by atoms with Gasteiger partial charge in [0.1, 0.15) is 6.54 Å². The lowest BCUT2D eigenvalue weighted by molar-refractivity contribution is -0.122. The molecule has 4 heteroatoms. The van der Waals surface area contributed by atoms with Crippen molar-refractivity contribution in [1.82, 2.24) is 15.1 Å². The zero-order chi connectivity index (χ0) is 16.8. The fourth-order valence-corrected chi connectivity index (χ4v) is 2.65. The highest BCUT2D eigenvalue weighted by Gasteiger charge is 2.14. The maximum Gasteiger partial charge on any atom is 0.242 e. The Bertz CT molecular complexity index is 630. The van der Waals surface area contributed by atoms with Gasteiger partial charge >= 0.3 is 0 Å². The van der Waals surface area contributed by atoms with Crippen molar-refractivity contribution < 1.29 is 4.79 Å². The third-order valence-corrected chi connectivity index (χ3v) is 4.33. The number of rotatable bonds is 7. The first-order valence-corrected chi connectivity index (χ1v) is 8.41. The van der Waals surface area contributed by atoms with Crippen LogP contribution in [0, 0.1) is 6.92 Å². The van der Waals surface area contributed by atoms with Crippen LogP contribution < -0.4 is 5.32 Å². The average Bonchev–Trinajstić information content (AvgIpc) is 2.96. The number of aromatic nitrogens is 2. The second-order valence-corrected chi connectivity index (χ2v) is 6.22. The molecule has 0 saturated heterocycles. The van der Waals surface area contributed by atoms with Crippen LogP contribution in [-0.2, 0) is 11.3 Å². The summed E-state index contributed by atoms with van der Waals surface area (Å²) in [5, 5.41) is 7.26. The molecule has 2 rings (SSSR count). The van der Waals surface area contributed by atoms with E-state index < -0.39 is 0 Å². The lowest BCUT2D eigenvalue weighted by atomic mass is 9.95. The van der Waals surface area contributed by atoms with Gasteiger partial charge in [0, 0.05) is 6.20 Å². The molecule has 1 heterocycles. The van der Waals surface area contributed by atoms with Gasteiger partial charge in [-0.3, -0.25) is 9.48 Å². The minimum absolute atomic E-state index is 0.00838. The lowest BCUT2D eigenvalue weighted by Gasteiger charge is -2.19. The maximum absolute atomic E-state index is 12.2. The molecule has 0 spiro atoms. The molecule has 0 bridgehead atoms. The molecule has 2 atom stereocenters. The van der Waals surface area contributed by atoms with Crippen LogP contribution in [0.3, 0.4) is 0 Å². The van der Waals surface area contributed by atoms with Gasteiger partial charge < -0.3 is 5.32 Å². The number of aryl methyl sites for hydroxylation is 1. The van der Waals surface area contributed by atoms with Crippen molar-refractivity contribution in [3.05, 3.63) is 53.3 Å². The Kier molecular flexibility index (Phi) is 5.97. The second-order valence-electron chi connectivity index (χ2n) is 6.22. The number of nitrogens with one attached hydrogen (secondary N) is 1. The highest BCUT2D eigenvalue weighted by molar-refractivity contribution is 5.76. The molecular weight excluding hydrogens is 286 g/mol. The van der Waals surface area contributed by atoms with Crippen LogP contribution in [0.1, 0.15) is 62.3 Å². The number of carbonyl (C=O) groups is 1. The van der Waals surface area contributed by atoms with Crippen molar-refractivity contribution in [1.29, 1.82) is 0 Å². The van der Waals surface area contributed by atoms with Gasteiger partial charge in [-0.05, 0) is 42.4 Å². The molecule has 0 saturated carbocycles. The Labute approximate surface area is 138 Å². The van der Waals surface area contributed by atoms with Crippen molar-refractivity contribution in [2.24, 2.45) is 0 Å². The predicted octanol–water partition coefficient (Wildman–Crippen LogP) is 3.97. The van der Waals surface area contributed by atoms with E-state index in [1.165, 1.54) is 5.56 Å². The SMILES string of the molecule is CCC(C)c1ccc(C(CC)NC(=O)Cn2cc(C)cn2)cc1. The zero-order valence-corrected chi connectivity index (χ0v) is 14.5. The van der Waals surface area contributed by atoms with E-state index in [0.717, 1.165) is 24.0 Å². The van der Waals surface area contributed by atoms with Gasteiger partial charge in [-0.15, -0.1) is 0 Å². The molecule has 23 heavy (non-hydrogen) atoms. The molecule has 4 nitrogen and oxygen atoms in total. The predicted molar refractivity (Wildman–Crippen MR) is 93.3 cm³/mol. The minimum Gasteiger partial charge on any atom is -0.348 e. The standard InChI is InChI=1S/C19H27N3O/c1-5-15(4)16-7-9-17(10-8-16)18(6-2)21-19(23)13-22-12-14(3)11-20-22/h7-12,15,18H,5-6,13H2,1-4H3,(H,21,23). The van der Waals surface area contributed by atoms with E-state index in [9.17, 15) is 4.79 Å². The zero-order valence-electron chi connectivity index (χ0n) is 14.5. The van der Waals surface area contributed by atoms with Crippen molar-refractivity contribution in [2.75, 3.05) is 0 Å². The largest absolute Gasteiger partial charge is 0.348 e. The Balaban J connectivity index is 2.00. The average molecular weight is 313 g/mol. The summed E-state index contributed by atoms with van der Waals surface area (Å²) in [6, 6.07) is 8.66. The molecule has 2 aromatic rings. The third kappa shape index (κ3) is 4.68. The van der Waals surface area contributed by atoms with Crippen molar-refractivity contribution in [2.45, 2.75) is 59.0 Å². The van der Waals surface area contributed by atoms with Gasteiger partial charge in [0.25, 0.3) is 0 Å². The van der Waals surface area contributed by atoms with Gasteiger partial charge in [-0.25, -0.2) is 0 Å². The van der Waals surface area contributed by atoms with E-state index in [2.05, 4.69) is 55.5 Å². The van der Waals surface area contributed by atoms with Crippen LogP contribution >= 0.6 is 0 Å². The summed E-state index contributed by atoms with van der Waals surface area (Å²) in [5.41, 5.74) is 3.57. The number of benzene rings is 1. The molecule has 0 radical (unpaired) electrons. The summed E-state index contributed by atoms with van der Waals surface area (Å²) < 4.78 is 1.67. The molecule has 1 aromatic heterocycles. The number of amides is 1. The van der Waals surface area contributed by atoms with Gasteiger partial charge in [0.15, 0.2) is 0 Å². The first-order chi connectivity index (χ1) is 11.0. The Morgan fingerprint density at radius 3 is 2.35 bits per heavy atom. The van der Waals surface area contributed by atoms with Crippen LogP contribution in [0.4, 0.5) is 0 Å². The highest BCUT2D eigenvalue weighted by atomic mass is 16.2. The molecule has 0 aliphatic rings. The van der Waals surface area contributed by atoms with Gasteiger partial charge in [-0.2, -0.15) is 5.10 Å². The summed E-state index contributed by atoms with van der Waals surface area (Å²) in [6.07, 6.45) is 5.64. The highest BCUT2D eigenvalue weighted by Crippen LogP contribution is 2.22. The van der Waals surface area contributed by atoms with E-state index in [1.807, 2.05) is 13.1 Å². The van der Waals surface area contributed by atoms with Crippen LogP contribution in [0.25, 0.3) is 0 Å². The molecule has 124 valence electrons. The normalized spacial score (nSPS) is 13.6. The molecule has 0 fully saturated rings. The topological polar surface area (TPSA) is 46.9 Å². The molecule has 1 N–H and O–H groups in total. The van der Waals surface area contributed by atoms with Crippen LogP contribution in [0.15, 0.2) is 36.7 Å². The monoisotopic (exact) mass is 313 g/mol. The maximum atomic E-state index is 12.2. The molecule has 1 aromatic carbocycles. The van der Waals surface area contributed by atoms with Gasteiger partial charge in [-0.1, -0.05) is 45.0 Å². The number of hydrogen-bond acceptors (Lipinski definition) is 2. The van der Waals surface area contributed by atoms with E-state index in [-0.39, 0.29) is 18.5 Å². The summed E-state index contributed by atoms with van der Waals surface area (Å²) in [5.74, 6) is 0.563. The van der Waals surface area contributed by atoms with Gasteiger partial charge in [0.2, 0.25) is 5.91 Å². The smallest absolute Gasteiger partial charge is 0.242 e. The van der Waals surface area contributed by atoms with Crippen LogP contribution in [-0.4, -0.2) is 15.7 Å². The summed E-state index contributed by atoms with van der Waals surface area (Å²) in [7, 11) is 0. The number of nitrogens with zero attached hydrogens (tertiary/aromatic N) is 2.